The van der Waals surface area contributed by atoms with E-state index in [4.69, 9.17) is 28.4 Å². The Labute approximate surface area is 420 Å². The van der Waals surface area contributed by atoms with Crippen molar-refractivity contribution in [3.8, 4) is 34.4 Å². The Hall–Kier alpha value is -6.50. The van der Waals surface area contributed by atoms with Crippen molar-refractivity contribution in [3.05, 3.63) is 95.6 Å². The van der Waals surface area contributed by atoms with Crippen LogP contribution in [-0.2, 0) is 29.5 Å². The number of nitrogens with zero attached hydrogens (tertiary/aromatic N) is 10. The summed E-state index contributed by atoms with van der Waals surface area (Å²) in [6.07, 6.45) is 7.91. The molecule has 2 fully saturated rings. The highest BCUT2D eigenvalue weighted by molar-refractivity contribution is 7.93. The van der Waals surface area contributed by atoms with Crippen LogP contribution < -0.4 is 28.4 Å². The first-order valence-electron chi connectivity index (χ1n) is 23.5. The summed E-state index contributed by atoms with van der Waals surface area (Å²) in [6.45, 7) is 15.6. The molecule has 2 aromatic carbocycles. The standard InChI is InChI=1S/2C24H32N6O5S/c2*1-14-12-25-22(26-13-14)15(2)17(4)36(31,32)29-24-28-27-23(18-10-11-35-16(18)3)30(24)21-19(33-5)8-7-9-20(21)34-6/h2*7-9,12-13,15-18H,10-11H2,1-6H3,(H,28,29)/t15-,16+,17-,18-;15-,16-,17-,18+/m00/s1. The van der Waals surface area contributed by atoms with E-state index in [2.05, 4.69) is 49.8 Å². The Morgan fingerprint density at radius 2 is 0.875 bits per heavy atom. The van der Waals surface area contributed by atoms with Crippen LogP contribution in [-0.4, -0.2) is 131 Å². The van der Waals surface area contributed by atoms with Crippen molar-refractivity contribution in [2.24, 2.45) is 0 Å². The molecule has 22 nitrogen and oxygen atoms in total. The lowest BCUT2D eigenvalue weighted by molar-refractivity contribution is 0.117. The Bertz CT molecular complexity index is 2780. The molecular weight excluding hydrogens is 969 g/mol. The first kappa shape index (κ1) is 53.3. The Morgan fingerprint density at radius 1 is 0.556 bits per heavy atom. The smallest absolute Gasteiger partial charge is 0.243 e. The molecule has 0 aliphatic carbocycles. The third-order valence-corrected chi connectivity index (χ3v) is 17.0. The van der Waals surface area contributed by atoms with Crippen LogP contribution in [0.4, 0.5) is 11.9 Å². The molecule has 2 saturated heterocycles. The molecule has 0 spiro atoms. The van der Waals surface area contributed by atoms with Crippen molar-refractivity contribution >= 4 is 31.9 Å². The molecule has 6 aromatic rings. The molecule has 24 heteroatoms. The highest BCUT2D eigenvalue weighted by atomic mass is 32.2. The molecule has 8 rings (SSSR count). The molecule has 0 radical (unpaired) electrons. The van der Waals surface area contributed by atoms with Gasteiger partial charge in [-0.05, 0) is 89.8 Å². The molecular formula is C48H64N12O10S2. The summed E-state index contributed by atoms with van der Waals surface area (Å²) in [5.41, 5.74) is 2.80. The van der Waals surface area contributed by atoms with E-state index >= 15 is 0 Å². The van der Waals surface area contributed by atoms with Gasteiger partial charge in [0.15, 0.2) is 0 Å². The van der Waals surface area contributed by atoms with Crippen LogP contribution in [0.5, 0.6) is 23.0 Å². The highest BCUT2D eigenvalue weighted by Crippen LogP contribution is 2.42. The van der Waals surface area contributed by atoms with Gasteiger partial charge in [0, 0.05) is 61.7 Å². The van der Waals surface area contributed by atoms with Crippen LogP contribution in [0.15, 0.2) is 61.2 Å². The summed E-state index contributed by atoms with van der Waals surface area (Å²) in [5.74, 6) is 2.89. The fourth-order valence-corrected chi connectivity index (χ4v) is 11.0. The fourth-order valence-electron chi connectivity index (χ4n) is 8.56. The summed E-state index contributed by atoms with van der Waals surface area (Å²) in [4.78, 5) is 17.2. The van der Waals surface area contributed by atoms with E-state index in [1.165, 1.54) is 0 Å². The lowest BCUT2D eigenvalue weighted by atomic mass is 10.0. The Kier molecular flexibility index (Phi) is 16.7. The number of sulfonamides is 2. The van der Waals surface area contributed by atoms with Crippen molar-refractivity contribution in [3.63, 3.8) is 0 Å². The highest BCUT2D eigenvalue weighted by Gasteiger charge is 2.38. The largest absolute Gasteiger partial charge is 0.494 e. The lowest BCUT2D eigenvalue weighted by Gasteiger charge is -2.22. The zero-order valence-corrected chi connectivity index (χ0v) is 44.2. The number of aryl methyl sites for hydroxylation is 2. The number of benzene rings is 2. The normalized spacial score (nSPS) is 19.6. The van der Waals surface area contributed by atoms with Gasteiger partial charge in [-0.1, -0.05) is 26.0 Å². The summed E-state index contributed by atoms with van der Waals surface area (Å²) in [7, 11) is -1.70. The van der Waals surface area contributed by atoms with E-state index in [9.17, 15) is 16.8 Å². The average Bonchev–Trinajstić information content (AvgIpc) is 4.19. The van der Waals surface area contributed by atoms with Crippen LogP contribution in [0.1, 0.15) is 112 Å². The minimum absolute atomic E-state index is 0.0378. The number of ether oxygens (including phenoxy) is 6. The van der Waals surface area contributed by atoms with Gasteiger partial charge in [-0.15, -0.1) is 20.4 Å². The van der Waals surface area contributed by atoms with Gasteiger partial charge >= 0.3 is 0 Å². The molecule has 2 N–H and O–H groups in total. The fraction of sp³-hybridized carbons (Fsp3) is 0.500. The minimum Gasteiger partial charge on any atom is -0.494 e. The summed E-state index contributed by atoms with van der Waals surface area (Å²) in [5, 5.41) is 15.6. The number of anilines is 2. The number of methoxy groups -OCH3 is 4. The first-order valence-corrected chi connectivity index (χ1v) is 26.6. The molecule has 0 bridgehead atoms. The second kappa shape index (κ2) is 22.5. The van der Waals surface area contributed by atoms with Gasteiger partial charge in [-0.2, -0.15) is 0 Å². The molecule has 4 aromatic heterocycles. The predicted molar refractivity (Wildman–Crippen MR) is 269 cm³/mol. The maximum absolute atomic E-state index is 13.5. The van der Waals surface area contributed by atoms with Crippen LogP contribution in [0.3, 0.4) is 0 Å². The molecule has 72 heavy (non-hydrogen) atoms. The van der Waals surface area contributed by atoms with Crippen molar-refractivity contribution in [1.82, 2.24) is 49.5 Å². The number of rotatable bonds is 18. The van der Waals surface area contributed by atoms with E-state index in [-0.39, 0.29) is 35.9 Å². The first-order chi connectivity index (χ1) is 34.3. The predicted octanol–water partition coefficient (Wildman–Crippen LogP) is 6.42. The van der Waals surface area contributed by atoms with E-state index in [1.807, 2.05) is 27.7 Å². The van der Waals surface area contributed by atoms with Gasteiger partial charge < -0.3 is 28.4 Å². The second-order valence-corrected chi connectivity index (χ2v) is 22.0. The van der Waals surface area contributed by atoms with Gasteiger partial charge in [-0.3, -0.25) is 18.6 Å². The average molecular weight is 1030 g/mol. The SMILES string of the molecule is COc1cccc(OC)c1-n1c(NS(=O)(=O)[C@@H](C)[C@H](C)c2ncc(C)cn2)nnc1[C@@H]1CCO[C@H]1C.COc1cccc(OC)c1-n1c(NS(=O)(=O)[C@@H](C)[C@H](C)c2ncc(C)cn2)nnc1[C@H]1CCO[C@@H]1C. The number of hydrogen-bond donors (Lipinski definition) is 2. The third-order valence-electron chi connectivity index (χ3n) is 13.3. The lowest BCUT2D eigenvalue weighted by Crippen LogP contribution is -2.31. The Balaban J connectivity index is 0.000000211. The van der Waals surface area contributed by atoms with Crippen molar-refractivity contribution in [2.45, 2.75) is 115 Å². The van der Waals surface area contributed by atoms with Crippen LogP contribution >= 0.6 is 0 Å². The van der Waals surface area contributed by atoms with E-state index in [0.29, 0.717) is 70.9 Å². The molecule has 0 amide bonds. The molecule has 2 aliphatic rings. The maximum atomic E-state index is 13.5. The quantitative estimate of drug-likeness (QED) is 0.0941. The van der Waals surface area contributed by atoms with Crippen molar-refractivity contribution in [1.29, 1.82) is 0 Å². The van der Waals surface area contributed by atoms with Crippen LogP contribution in [0, 0.1) is 13.8 Å². The topological polar surface area (TPSA) is 261 Å². The molecule has 0 unspecified atom stereocenters. The molecule has 0 saturated carbocycles. The molecule has 2 aliphatic heterocycles. The van der Waals surface area contributed by atoms with Crippen LogP contribution in [0.25, 0.3) is 11.4 Å². The maximum Gasteiger partial charge on any atom is 0.243 e. The zero-order valence-electron chi connectivity index (χ0n) is 42.6. The summed E-state index contributed by atoms with van der Waals surface area (Å²) in [6, 6.07) is 10.7. The summed E-state index contributed by atoms with van der Waals surface area (Å²) >= 11 is 0. The van der Waals surface area contributed by atoms with Crippen LogP contribution in [0.2, 0.25) is 0 Å². The van der Waals surface area contributed by atoms with Gasteiger partial charge in [0.25, 0.3) is 0 Å². The van der Waals surface area contributed by atoms with Crippen molar-refractivity contribution < 1.29 is 45.3 Å². The summed E-state index contributed by atoms with van der Waals surface area (Å²) < 4.78 is 96.8. The van der Waals surface area contributed by atoms with E-state index in [0.717, 1.165) is 24.0 Å². The monoisotopic (exact) mass is 1030 g/mol. The molecule has 388 valence electrons. The van der Waals surface area contributed by atoms with Gasteiger partial charge in [0.2, 0.25) is 31.9 Å². The van der Waals surface area contributed by atoms with Crippen molar-refractivity contribution in [2.75, 3.05) is 51.1 Å². The third kappa shape index (κ3) is 11.1. The van der Waals surface area contributed by atoms with Gasteiger partial charge in [0.05, 0.1) is 51.1 Å². The second-order valence-electron chi connectivity index (χ2n) is 17.9. The van der Waals surface area contributed by atoms with Gasteiger partial charge in [0.1, 0.15) is 57.7 Å². The number of nitrogens with one attached hydrogen (secondary N) is 2. The Morgan fingerprint density at radius 3 is 1.15 bits per heavy atom. The zero-order chi connectivity index (χ0) is 52.1. The van der Waals surface area contributed by atoms with Gasteiger partial charge in [-0.25, -0.2) is 36.8 Å². The van der Waals surface area contributed by atoms with E-state index in [1.54, 1.807) is 126 Å². The number of hydrogen-bond acceptors (Lipinski definition) is 18. The number of aromatic nitrogens is 10. The molecule has 8 atom stereocenters. The van der Waals surface area contributed by atoms with E-state index < -0.39 is 42.4 Å². The number of para-hydroxylation sites is 2. The molecule has 6 heterocycles. The minimum atomic E-state index is -3.93.